The Labute approximate surface area is 125 Å². The molecule has 1 unspecified atom stereocenters. The molecule has 0 spiro atoms. The van der Waals surface area contributed by atoms with Crippen LogP contribution in [0.3, 0.4) is 0 Å². The van der Waals surface area contributed by atoms with Gasteiger partial charge in [0.1, 0.15) is 0 Å². The average molecular weight is 299 g/mol. The van der Waals surface area contributed by atoms with Crippen molar-refractivity contribution in [2.24, 2.45) is 0 Å². The Bertz CT molecular complexity index is 703. The summed E-state index contributed by atoms with van der Waals surface area (Å²) < 4.78 is 2.11. The number of benzene rings is 2. The van der Waals surface area contributed by atoms with E-state index in [-0.39, 0.29) is 11.0 Å². The number of thiazole rings is 1. The van der Waals surface area contributed by atoms with Gasteiger partial charge in [-0.2, -0.15) is 0 Å². The second-order valence-corrected chi connectivity index (χ2v) is 7.06. The summed E-state index contributed by atoms with van der Waals surface area (Å²) in [5.74, 6) is 0.148. The van der Waals surface area contributed by atoms with Crippen molar-refractivity contribution in [3.05, 3.63) is 60.2 Å². The Balaban J connectivity index is 1.78. The van der Waals surface area contributed by atoms with Gasteiger partial charge in [-0.3, -0.25) is 4.79 Å². The lowest BCUT2D eigenvalue weighted by Gasteiger charge is -2.07. The summed E-state index contributed by atoms with van der Waals surface area (Å²) in [6.07, 6.45) is 0. The first-order valence-corrected chi connectivity index (χ1v) is 8.05. The second-order valence-electron chi connectivity index (χ2n) is 4.44. The first kappa shape index (κ1) is 13.3. The van der Waals surface area contributed by atoms with E-state index in [9.17, 15) is 4.79 Å². The Hall–Kier alpha value is -1.65. The molecule has 0 saturated heterocycles. The van der Waals surface area contributed by atoms with Crippen molar-refractivity contribution >= 4 is 39.1 Å². The molecule has 1 heterocycles. The molecule has 0 radical (unpaired) electrons. The largest absolute Gasteiger partial charge is 0.293 e. The van der Waals surface area contributed by atoms with Crippen molar-refractivity contribution in [1.82, 2.24) is 4.98 Å². The number of thioether (sulfide) groups is 1. The van der Waals surface area contributed by atoms with Gasteiger partial charge < -0.3 is 0 Å². The molecule has 2 aromatic carbocycles. The third-order valence-electron chi connectivity index (χ3n) is 2.98. The van der Waals surface area contributed by atoms with Gasteiger partial charge in [-0.25, -0.2) is 4.98 Å². The molecule has 2 nitrogen and oxygen atoms in total. The molecule has 0 aliphatic rings. The molecule has 3 rings (SSSR count). The highest BCUT2D eigenvalue weighted by molar-refractivity contribution is 8.02. The zero-order valence-electron chi connectivity index (χ0n) is 10.9. The summed E-state index contributed by atoms with van der Waals surface area (Å²) in [4.78, 5) is 16.9. The van der Waals surface area contributed by atoms with E-state index in [4.69, 9.17) is 0 Å². The molecule has 100 valence electrons. The van der Waals surface area contributed by atoms with Crippen LogP contribution >= 0.6 is 23.1 Å². The van der Waals surface area contributed by atoms with Crippen molar-refractivity contribution in [2.45, 2.75) is 16.5 Å². The van der Waals surface area contributed by atoms with Gasteiger partial charge in [-0.15, -0.1) is 11.3 Å². The van der Waals surface area contributed by atoms with Crippen LogP contribution in [0.4, 0.5) is 0 Å². The van der Waals surface area contributed by atoms with E-state index in [1.165, 1.54) is 11.8 Å². The summed E-state index contributed by atoms with van der Waals surface area (Å²) in [6, 6.07) is 17.5. The van der Waals surface area contributed by atoms with Gasteiger partial charge in [0, 0.05) is 5.56 Å². The quantitative estimate of drug-likeness (QED) is 0.518. The summed E-state index contributed by atoms with van der Waals surface area (Å²) in [5, 5.41) is -0.127. The zero-order valence-corrected chi connectivity index (χ0v) is 12.6. The molecule has 4 heteroatoms. The van der Waals surface area contributed by atoms with Crippen molar-refractivity contribution < 1.29 is 4.79 Å². The predicted molar refractivity (Wildman–Crippen MR) is 85.7 cm³/mol. The van der Waals surface area contributed by atoms with Crippen LogP contribution in [0.1, 0.15) is 17.3 Å². The van der Waals surface area contributed by atoms with Crippen LogP contribution in [0.15, 0.2) is 58.9 Å². The molecule has 0 bridgehead atoms. The average Bonchev–Trinajstić information content (AvgIpc) is 2.89. The van der Waals surface area contributed by atoms with E-state index in [2.05, 4.69) is 11.1 Å². The fourth-order valence-electron chi connectivity index (χ4n) is 1.94. The van der Waals surface area contributed by atoms with Crippen LogP contribution < -0.4 is 0 Å². The van der Waals surface area contributed by atoms with Crippen LogP contribution in [0.2, 0.25) is 0 Å². The highest BCUT2D eigenvalue weighted by Crippen LogP contribution is 2.32. The van der Waals surface area contributed by atoms with Gasteiger partial charge in [0.2, 0.25) is 0 Å². The first-order chi connectivity index (χ1) is 9.74. The molecule has 3 aromatic rings. The zero-order chi connectivity index (χ0) is 13.9. The molecule has 0 saturated carbocycles. The molecule has 0 aliphatic heterocycles. The number of aromatic nitrogens is 1. The maximum atomic E-state index is 12.3. The number of hydrogen-bond acceptors (Lipinski definition) is 4. The molecule has 0 fully saturated rings. The molecule has 20 heavy (non-hydrogen) atoms. The van der Waals surface area contributed by atoms with Gasteiger partial charge in [-0.05, 0) is 19.1 Å². The lowest BCUT2D eigenvalue weighted by Crippen LogP contribution is -2.13. The lowest BCUT2D eigenvalue weighted by molar-refractivity contribution is 0.0994. The van der Waals surface area contributed by atoms with Crippen LogP contribution in [-0.2, 0) is 0 Å². The number of rotatable bonds is 4. The number of carbonyl (C=O) groups is 1. The minimum Gasteiger partial charge on any atom is -0.293 e. The Morgan fingerprint density at radius 3 is 2.55 bits per heavy atom. The molecule has 0 amide bonds. The maximum Gasteiger partial charge on any atom is 0.175 e. The van der Waals surface area contributed by atoms with Gasteiger partial charge in [0.15, 0.2) is 10.1 Å². The summed E-state index contributed by atoms with van der Waals surface area (Å²) >= 11 is 3.17. The molecule has 1 aromatic heterocycles. The molecule has 1 atom stereocenters. The fraction of sp³-hybridized carbons (Fsp3) is 0.125. The highest BCUT2D eigenvalue weighted by atomic mass is 32.2. The normalized spacial score (nSPS) is 12.4. The van der Waals surface area contributed by atoms with Gasteiger partial charge in [-0.1, -0.05) is 54.2 Å². The number of hydrogen-bond donors (Lipinski definition) is 0. The fourth-order valence-corrected chi connectivity index (χ4v) is 4.23. The predicted octanol–water partition coefficient (Wildman–Crippen LogP) is 4.66. The van der Waals surface area contributed by atoms with Crippen molar-refractivity contribution in [2.75, 3.05) is 0 Å². The molecular weight excluding hydrogens is 286 g/mol. The minimum absolute atomic E-state index is 0.127. The van der Waals surface area contributed by atoms with Crippen molar-refractivity contribution in [3.63, 3.8) is 0 Å². The van der Waals surface area contributed by atoms with E-state index in [1.54, 1.807) is 11.3 Å². The molecule has 0 N–H and O–H groups in total. The van der Waals surface area contributed by atoms with Gasteiger partial charge in [0.05, 0.1) is 15.5 Å². The Morgan fingerprint density at radius 2 is 1.80 bits per heavy atom. The maximum absolute atomic E-state index is 12.3. The second kappa shape index (κ2) is 5.77. The molecular formula is C16H13NOS2. The summed E-state index contributed by atoms with van der Waals surface area (Å²) in [6.45, 7) is 1.94. The van der Waals surface area contributed by atoms with Gasteiger partial charge >= 0.3 is 0 Å². The number of fused-ring (bicyclic) bond motifs is 1. The third kappa shape index (κ3) is 2.76. The first-order valence-electron chi connectivity index (χ1n) is 6.35. The highest BCUT2D eigenvalue weighted by Gasteiger charge is 2.18. The van der Waals surface area contributed by atoms with E-state index < -0.39 is 0 Å². The number of ketones is 1. The molecule has 0 aliphatic carbocycles. The van der Waals surface area contributed by atoms with Crippen LogP contribution in [0.5, 0.6) is 0 Å². The SMILES string of the molecule is CC(Sc1nc2ccccc2s1)C(=O)c1ccccc1. The standard InChI is InChI=1S/C16H13NOS2/c1-11(15(18)12-7-3-2-4-8-12)19-16-17-13-9-5-6-10-14(13)20-16/h2-11H,1H3. The minimum atomic E-state index is -0.127. The van der Waals surface area contributed by atoms with Crippen molar-refractivity contribution in [1.29, 1.82) is 0 Å². The van der Waals surface area contributed by atoms with E-state index >= 15 is 0 Å². The van der Waals surface area contributed by atoms with Crippen LogP contribution in [0, 0.1) is 0 Å². The van der Waals surface area contributed by atoms with Crippen molar-refractivity contribution in [3.8, 4) is 0 Å². The number of carbonyl (C=O) groups excluding carboxylic acids is 1. The van der Waals surface area contributed by atoms with Crippen LogP contribution in [0.25, 0.3) is 10.2 Å². The number of Topliss-reactive ketones (excluding diaryl/α,β-unsaturated/α-hetero) is 1. The smallest absolute Gasteiger partial charge is 0.175 e. The number of para-hydroxylation sites is 1. The lowest BCUT2D eigenvalue weighted by atomic mass is 10.1. The van der Waals surface area contributed by atoms with E-state index in [0.29, 0.717) is 0 Å². The summed E-state index contributed by atoms with van der Waals surface area (Å²) in [7, 11) is 0. The number of nitrogens with zero attached hydrogens (tertiary/aromatic N) is 1. The Kier molecular flexibility index (Phi) is 3.85. The monoisotopic (exact) mass is 299 g/mol. The summed E-state index contributed by atoms with van der Waals surface area (Å²) in [5.41, 5.74) is 1.76. The van der Waals surface area contributed by atoms with Crippen LogP contribution in [-0.4, -0.2) is 16.0 Å². The van der Waals surface area contributed by atoms with E-state index in [1.807, 2.05) is 55.5 Å². The third-order valence-corrected chi connectivity index (χ3v) is 5.21. The van der Waals surface area contributed by atoms with E-state index in [0.717, 1.165) is 20.1 Å². The van der Waals surface area contributed by atoms with Gasteiger partial charge in [0.25, 0.3) is 0 Å². The Morgan fingerprint density at radius 1 is 1.10 bits per heavy atom. The topological polar surface area (TPSA) is 30.0 Å².